The van der Waals surface area contributed by atoms with Crippen LogP contribution in [0, 0.1) is 17.1 Å². The molecule has 3 aromatic rings. The predicted octanol–water partition coefficient (Wildman–Crippen LogP) is 3.44. The fraction of sp³-hybridized carbons (Fsp3) is 0.100. The lowest BCUT2D eigenvalue weighted by atomic mass is 10.1. The summed E-state index contributed by atoms with van der Waals surface area (Å²) in [6.07, 6.45) is -2.13. The average Bonchev–Trinajstić information content (AvgIpc) is 2.73. The van der Waals surface area contributed by atoms with E-state index in [0.717, 1.165) is 29.0 Å². The number of hydrogen-bond donors (Lipinski definition) is 1. The summed E-state index contributed by atoms with van der Waals surface area (Å²) in [7, 11) is 0. The number of pyridine rings is 2. The molecule has 0 bridgehead atoms. The summed E-state index contributed by atoms with van der Waals surface area (Å²) in [6.45, 7) is -1.51. The van der Waals surface area contributed by atoms with Crippen molar-refractivity contribution in [2.45, 2.75) is 6.18 Å². The Morgan fingerprint density at radius 3 is 2.65 bits per heavy atom. The van der Waals surface area contributed by atoms with Crippen LogP contribution in [0.1, 0.15) is 15.9 Å². The van der Waals surface area contributed by atoms with Crippen LogP contribution >= 0.6 is 0 Å². The molecule has 0 unspecified atom stereocenters. The maximum Gasteiger partial charge on any atom is 0.422 e. The molecule has 158 valence electrons. The Hall–Kier alpha value is -4.20. The van der Waals surface area contributed by atoms with Gasteiger partial charge in [0.05, 0.1) is 23.1 Å². The molecular formula is C20H12F4N4O3. The molecule has 11 heteroatoms. The van der Waals surface area contributed by atoms with Gasteiger partial charge < -0.3 is 10.1 Å². The lowest BCUT2D eigenvalue weighted by Gasteiger charge is -2.11. The van der Waals surface area contributed by atoms with Crippen molar-refractivity contribution in [2.24, 2.45) is 0 Å². The number of rotatable bonds is 5. The molecule has 1 amide bonds. The molecule has 0 aliphatic rings. The zero-order valence-electron chi connectivity index (χ0n) is 15.5. The smallest absolute Gasteiger partial charge is 0.422 e. The molecule has 2 aromatic heterocycles. The number of ether oxygens (including phenoxy) is 1. The number of carbonyl (C=O) groups excluding carboxylic acids is 1. The number of halogens is 4. The molecule has 0 saturated carbocycles. The van der Waals surface area contributed by atoms with Gasteiger partial charge in [-0.25, -0.2) is 9.37 Å². The van der Waals surface area contributed by atoms with Gasteiger partial charge in [-0.15, -0.1) is 0 Å². The molecule has 1 aromatic carbocycles. The van der Waals surface area contributed by atoms with E-state index in [1.165, 1.54) is 30.5 Å². The highest BCUT2D eigenvalue weighted by Gasteiger charge is 2.28. The quantitative estimate of drug-likeness (QED) is 0.623. The number of anilines is 1. The summed E-state index contributed by atoms with van der Waals surface area (Å²) in [6, 6.07) is 10.1. The second-order valence-corrected chi connectivity index (χ2v) is 6.11. The number of hydrogen-bond acceptors (Lipinski definition) is 5. The number of aromatic nitrogens is 2. The van der Waals surface area contributed by atoms with E-state index in [2.05, 4.69) is 15.0 Å². The van der Waals surface area contributed by atoms with E-state index in [1.54, 1.807) is 6.07 Å². The van der Waals surface area contributed by atoms with Gasteiger partial charge in [-0.1, -0.05) is 0 Å². The Morgan fingerprint density at radius 1 is 1.23 bits per heavy atom. The lowest BCUT2D eigenvalue weighted by Crippen LogP contribution is -2.28. The van der Waals surface area contributed by atoms with E-state index in [-0.39, 0.29) is 28.4 Å². The summed E-state index contributed by atoms with van der Waals surface area (Å²) in [5, 5.41) is 11.6. The van der Waals surface area contributed by atoms with E-state index in [4.69, 9.17) is 0 Å². The fourth-order valence-electron chi connectivity index (χ4n) is 2.56. The van der Waals surface area contributed by atoms with Crippen molar-refractivity contribution < 1.29 is 27.1 Å². The van der Waals surface area contributed by atoms with Gasteiger partial charge in [0.1, 0.15) is 17.4 Å². The van der Waals surface area contributed by atoms with Gasteiger partial charge in [-0.2, -0.15) is 18.4 Å². The molecule has 2 heterocycles. The molecule has 0 aliphatic heterocycles. The molecule has 0 spiro atoms. The SMILES string of the molecule is N#Cc1cc(F)ccc1-n1cccc(C(=O)Nc2ccc(OCC(F)(F)F)nc2)c1=O. The Morgan fingerprint density at radius 2 is 2.00 bits per heavy atom. The molecule has 3 rings (SSSR count). The van der Waals surface area contributed by atoms with E-state index in [1.807, 2.05) is 0 Å². The molecule has 0 saturated heterocycles. The van der Waals surface area contributed by atoms with Crippen LogP contribution in [0.25, 0.3) is 5.69 Å². The highest BCUT2D eigenvalue weighted by atomic mass is 19.4. The van der Waals surface area contributed by atoms with Crippen molar-refractivity contribution in [3.63, 3.8) is 0 Å². The number of carbonyl (C=O) groups is 1. The Bertz CT molecular complexity index is 1210. The Labute approximate surface area is 172 Å². The minimum absolute atomic E-state index is 0.0939. The molecule has 0 radical (unpaired) electrons. The maximum atomic E-state index is 13.4. The molecule has 1 N–H and O–H groups in total. The summed E-state index contributed by atoms with van der Waals surface area (Å²) >= 11 is 0. The van der Waals surface area contributed by atoms with E-state index < -0.39 is 30.1 Å². The second-order valence-electron chi connectivity index (χ2n) is 6.11. The topological polar surface area (TPSA) is 97.0 Å². The largest absolute Gasteiger partial charge is 0.468 e. The number of alkyl halides is 3. The number of benzene rings is 1. The molecule has 7 nitrogen and oxygen atoms in total. The maximum absolute atomic E-state index is 13.4. The summed E-state index contributed by atoms with van der Waals surface area (Å²) in [4.78, 5) is 28.9. The highest BCUT2D eigenvalue weighted by Crippen LogP contribution is 2.18. The van der Waals surface area contributed by atoms with Crippen molar-refractivity contribution in [1.82, 2.24) is 9.55 Å². The minimum Gasteiger partial charge on any atom is -0.468 e. The first-order valence-corrected chi connectivity index (χ1v) is 8.56. The van der Waals surface area contributed by atoms with Gasteiger partial charge >= 0.3 is 6.18 Å². The number of amides is 1. The van der Waals surface area contributed by atoms with E-state index in [9.17, 15) is 32.4 Å². The van der Waals surface area contributed by atoms with Crippen molar-refractivity contribution in [3.05, 3.63) is 82.2 Å². The Balaban J connectivity index is 1.82. The monoisotopic (exact) mass is 432 g/mol. The first kappa shape index (κ1) is 21.5. The highest BCUT2D eigenvalue weighted by molar-refractivity contribution is 6.03. The van der Waals surface area contributed by atoms with Crippen molar-refractivity contribution in [1.29, 1.82) is 5.26 Å². The molecule has 0 fully saturated rings. The van der Waals surface area contributed by atoms with Crippen LogP contribution < -0.4 is 15.6 Å². The number of nitrogens with one attached hydrogen (secondary N) is 1. The minimum atomic E-state index is -4.52. The zero-order chi connectivity index (χ0) is 22.6. The van der Waals surface area contributed by atoms with Gasteiger partial charge in [0.25, 0.3) is 11.5 Å². The van der Waals surface area contributed by atoms with Gasteiger partial charge in [0, 0.05) is 12.3 Å². The van der Waals surface area contributed by atoms with E-state index in [0.29, 0.717) is 0 Å². The fourth-order valence-corrected chi connectivity index (χ4v) is 2.56. The van der Waals surface area contributed by atoms with Crippen molar-refractivity contribution >= 4 is 11.6 Å². The second kappa shape index (κ2) is 8.66. The van der Waals surface area contributed by atoms with Crippen LogP contribution in [0.2, 0.25) is 0 Å². The number of nitrogens with zero attached hydrogens (tertiary/aromatic N) is 3. The van der Waals surface area contributed by atoms with Gasteiger partial charge in [-0.05, 0) is 36.4 Å². The summed E-state index contributed by atoms with van der Waals surface area (Å²) in [5.74, 6) is -1.76. The van der Waals surface area contributed by atoms with Crippen LogP contribution in [0.5, 0.6) is 5.88 Å². The number of nitriles is 1. The third-order valence-corrected chi connectivity index (χ3v) is 3.91. The first-order valence-electron chi connectivity index (χ1n) is 8.56. The van der Waals surface area contributed by atoms with Gasteiger partial charge in [0.2, 0.25) is 5.88 Å². The lowest BCUT2D eigenvalue weighted by molar-refractivity contribution is -0.154. The standard InChI is InChI=1S/C20H12F4N4O3/c21-13-3-5-16(12(8-13)9-25)28-7-1-2-15(19(28)30)18(29)27-14-4-6-17(26-10-14)31-11-20(22,23)24/h1-8,10H,11H2,(H,27,29). The molecular weight excluding hydrogens is 420 g/mol. The third kappa shape index (κ3) is 5.24. The average molecular weight is 432 g/mol. The first-order chi connectivity index (χ1) is 14.7. The molecule has 0 aliphatic carbocycles. The van der Waals surface area contributed by atoms with Crippen molar-refractivity contribution in [2.75, 3.05) is 11.9 Å². The van der Waals surface area contributed by atoms with Crippen molar-refractivity contribution in [3.8, 4) is 17.6 Å². The predicted molar refractivity (Wildman–Crippen MR) is 100 cm³/mol. The normalized spacial score (nSPS) is 10.9. The van der Waals surface area contributed by atoms with Crippen LogP contribution in [-0.2, 0) is 0 Å². The Kier molecular flexibility index (Phi) is 6.01. The van der Waals surface area contributed by atoms with Crippen LogP contribution in [0.4, 0.5) is 23.2 Å². The third-order valence-electron chi connectivity index (χ3n) is 3.91. The van der Waals surface area contributed by atoms with Crippen LogP contribution in [0.15, 0.2) is 59.7 Å². The summed E-state index contributed by atoms with van der Waals surface area (Å²) < 4.78 is 55.4. The van der Waals surface area contributed by atoms with Gasteiger partial charge in [0.15, 0.2) is 6.61 Å². The molecule has 0 atom stereocenters. The van der Waals surface area contributed by atoms with Gasteiger partial charge in [-0.3, -0.25) is 14.2 Å². The molecule has 31 heavy (non-hydrogen) atoms. The van der Waals surface area contributed by atoms with Crippen LogP contribution in [0.3, 0.4) is 0 Å². The van der Waals surface area contributed by atoms with Crippen LogP contribution in [-0.4, -0.2) is 28.2 Å². The zero-order valence-corrected chi connectivity index (χ0v) is 15.5. The summed E-state index contributed by atoms with van der Waals surface area (Å²) in [5.41, 5.74) is -0.942. The van der Waals surface area contributed by atoms with E-state index >= 15 is 0 Å².